The van der Waals surface area contributed by atoms with E-state index in [1.54, 1.807) is 32.2 Å². The second-order valence-electron chi connectivity index (χ2n) is 5.03. The fourth-order valence-corrected chi connectivity index (χ4v) is 3.05. The van der Waals surface area contributed by atoms with Crippen LogP contribution in [0.1, 0.15) is 23.0 Å². The van der Waals surface area contributed by atoms with Gasteiger partial charge < -0.3 is 19.5 Å². The number of carbonyl (C=O) groups excluding carboxylic acids is 1. The number of methoxy groups -OCH3 is 3. The van der Waals surface area contributed by atoms with Gasteiger partial charge >= 0.3 is 5.97 Å². The van der Waals surface area contributed by atoms with Crippen molar-refractivity contribution in [2.75, 3.05) is 32.4 Å². The molecule has 6 nitrogen and oxygen atoms in total. The molecular formula is C18H22N2O4S. The molecule has 0 saturated carbocycles. The summed E-state index contributed by atoms with van der Waals surface area (Å²) in [5.74, 6) is 1.89. The van der Waals surface area contributed by atoms with Gasteiger partial charge in [-0.05, 0) is 24.0 Å². The predicted molar refractivity (Wildman–Crippen MR) is 98.8 cm³/mol. The van der Waals surface area contributed by atoms with Crippen LogP contribution in [-0.2, 0) is 11.3 Å². The third-order valence-electron chi connectivity index (χ3n) is 3.51. The summed E-state index contributed by atoms with van der Waals surface area (Å²) in [6.45, 7) is 2.58. The quantitative estimate of drug-likeness (QED) is 0.568. The lowest BCUT2D eigenvalue weighted by molar-refractivity contribution is 0.0590. The summed E-state index contributed by atoms with van der Waals surface area (Å²) in [5, 5.41) is 3.31. The van der Waals surface area contributed by atoms with Gasteiger partial charge in [-0.1, -0.05) is 6.92 Å². The number of anilines is 1. The Balaban J connectivity index is 2.18. The van der Waals surface area contributed by atoms with Gasteiger partial charge in [0.25, 0.3) is 0 Å². The van der Waals surface area contributed by atoms with Gasteiger partial charge in [-0.2, -0.15) is 0 Å². The molecule has 0 atom stereocenters. The van der Waals surface area contributed by atoms with E-state index < -0.39 is 5.97 Å². The number of hydrogen-bond donors (Lipinski definition) is 1. The topological polar surface area (TPSA) is 69.7 Å². The molecule has 0 amide bonds. The molecule has 0 radical (unpaired) electrons. The number of aromatic nitrogens is 1. The number of benzene rings is 1. The molecule has 2 aromatic rings. The number of thioether (sulfide) groups is 1. The van der Waals surface area contributed by atoms with Gasteiger partial charge in [-0.15, -0.1) is 11.8 Å². The van der Waals surface area contributed by atoms with Gasteiger partial charge in [0, 0.05) is 23.1 Å². The largest absolute Gasteiger partial charge is 0.497 e. The third kappa shape index (κ3) is 4.79. The first-order valence-corrected chi connectivity index (χ1v) is 8.77. The number of ether oxygens (including phenoxy) is 3. The summed E-state index contributed by atoms with van der Waals surface area (Å²) in [6, 6.07) is 7.58. The van der Waals surface area contributed by atoms with Crippen molar-refractivity contribution in [2.24, 2.45) is 0 Å². The maximum atomic E-state index is 11.8. The van der Waals surface area contributed by atoms with Crippen molar-refractivity contribution in [3.05, 3.63) is 41.7 Å². The Bertz CT molecular complexity index is 737. The molecule has 1 aromatic heterocycles. The Kier molecular flexibility index (Phi) is 6.94. The van der Waals surface area contributed by atoms with Crippen molar-refractivity contribution < 1.29 is 19.0 Å². The Hall–Kier alpha value is -2.41. The Labute approximate surface area is 151 Å². The molecule has 0 fully saturated rings. The van der Waals surface area contributed by atoms with Crippen LogP contribution in [0.2, 0.25) is 0 Å². The van der Waals surface area contributed by atoms with Gasteiger partial charge in [0.2, 0.25) is 0 Å². The average molecular weight is 362 g/mol. The van der Waals surface area contributed by atoms with Crippen molar-refractivity contribution in [2.45, 2.75) is 18.4 Å². The van der Waals surface area contributed by atoms with Crippen LogP contribution in [0.3, 0.4) is 0 Å². The summed E-state index contributed by atoms with van der Waals surface area (Å²) >= 11 is 1.55. The summed E-state index contributed by atoms with van der Waals surface area (Å²) in [4.78, 5) is 16.8. The van der Waals surface area contributed by atoms with Gasteiger partial charge in [-0.25, -0.2) is 9.78 Å². The molecule has 0 spiro atoms. The molecule has 0 aliphatic carbocycles. The lowest BCUT2D eigenvalue weighted by Gasteiger charge is -2.13. The fourth-order valence-electron chi connectivity index (χ4n) is 2.25. The lowest BCUT2D eigenvalue weighted by atomic mass is 10.2. The van der Waals surface area contributed by atoms with E-state index in [2.05, 4.69) is 10.3 Å². The first kappa shape index (κ1) is 18.9. The molecule has 0 aliphatic heterocycles. The molecule has 0 aliphatic rings. The molecule has 134 valence electrons. The van der Waals surface area contributed by atoms with Crippen LogP contribution < -0.4 is 14.8 Å². The number of hydrogen-bond acceptors (Lipinski definition) is 7. The normalized spacial score (nSPS) is 10.2. The van der Waals surface area contributed by atoms with Gasteiger partial charge in [0.05, 0.1) is 33.2 Å². The third-order valence-corrected chi connectivity index (χ3v) is 4.42. The Morgan fingerprint density at radius 1 is 1.20 bits per heavy atom. The van der Waals surface area contributed by atoms with Crippen molar-refractivity contribution in [1.82, 2.24) is 4.98 Å². The van der Waals surface area contributed by atoms with E-state index in [4.69, 9.17) is 14.2 Å². The van der Waals surface area contributed by atoms with Crippen LogP contribution in [0.4, 0.5) is 5.69 Å². The number of nitrogens with zero attached hydrogens (tertiary/aromatic N) is 1. The molecule has 1 N–H and O–H groups in total. The first-order chi connectivity index (χ1) is 12.1. The second kappa shape index (κ2) is 9.17. The van der Waals surface area contributed by atoms with E-state index >= 15 is 0 Å². The highest BCUT2D eigenvalue weighted by molar-refractivity contribution is 7.99. The van der Waals surface area contributed by atoms with Crippen LogP contribution in [0.5, 0.6) is 11.5 Å². The highest BCUT2D eigenvalue weighted by Crippen LogP contribution is 2.27. The molecule has 0 saturated heterocycles. The number of pyridine rings is 1. The van der Waals surface area contributed by atoms with Crippen LogP contribution >= 0.6 is 11.8 Å². The van der Waals surface area contributed by atoms with Gasteiger partial charge in [0.1, 0.15) is 11.5 Å². The Morgan fingerprint density at radius 2 is 2.00 bits per heavy atom. The average Bonchev–Trinajstić information content (AvgIpc) is 2.66. The van der Waals surface area contributed by atoms with E-state index in [0.29, 0.717) is 12.2 Å². The summed E-state index contributed by atoms with van der Waals surface area (Å²) in [5.41, 5.74) is 2.15. The van der Waals surface area contributed by atoms with E-state index in [1.807, 2.05) is 31.2 Å². The minimum absolute atomic E-state index is 0.335. The van der Waals surface area contributed by atoms with Gasteiger partial charge in [0.15, 0.2) is 5.69 Å². The molecule has 2 rings (SSSR count). The fraction of sp³-hybridized carbons (Fsp3) is 0.333. The van der Waals surface area contributed by atoms with E-state index in [9.17, 15) is 4.79 Å². The van der Waals surface area contributed by atoms with Crippen molar-refractivity contribution in [1.29, 1.82) is 0 Å². The molecule has 0 unspecified atom stereocenters. The molecule has 1 aromatic carbocycles. The molecule has 7 heteroatoms. The Morgan fingerprint density at radius 3 is 2.64 bits per heavy atom. The minimum Gasteiger partial charge on any atom is -0.497 e. The zero-order valence-electron chi connectivity index (χ0n) is 14.8. The second-order valence-corrected chi connectivity index (χ2v) is 6.33. The predicted octanol–water partition coefficient (Wildman–Crippen LogP) is 3.61. The maximum Gasteiger partial charge on any atom is 0.357 e. The van der Waals surface area contributed by atoms with E-state index in [-0.39, 0.29) is 0 Å². The van der Waals surface area contributed by atoms with Gasteiger partial charge in [-0.3, -0.25) is 0 Å². The number of nitrogens with one attached hydrogen (secondary N) is 1. The monoisotopic (exact) mass is 362 g/mol. The lowest BCUT2D eigenvalue weighted by Crippen LogP contribution is -2.08. The molecular weight excluding hydrogens is 340 g/mol. The van der Waals surface area contributed by atoms with Crippen LogP contribution in [0.15, 0.2) is 35.4 Å². The zero-order chi connectivity index (χ0) is 18.2. The van der Waals surface area contributed by atoms with E-state index in [1.165, 1.54) is 7.11 Å². The van der Waals surface area contributed by atoms with Crippen LogP contribution in [-0.4, -0.2) is 38.0 Å². The van der Waals surface area contributed by atoms with Crippen LogP contribution in [0.25, 0.3) is 0 Å². The van der Waals surface area contributed by atoms with Crippen molar-refractivity contribution >= 4 is 23.4 Å². The standard InChI is InChI=1S/C18H22N2O4S/c1-5-25-16-8-13(11-20-17(16)18(21)24-4)19-10-12-6-7-14(22-2)9-15(12)23-3/h6-9,11,19H,5,10H2,1-4H3. The molecule has 25 heavy (non-hydrogen) atoms. The first-order valence-electron chi connectivity index (χ1n) is 7.78. The van der Waals surface area contributed by atoms with Crippen molar-refractivity contribution in [3.63, 3.8) is 0 Å². The summed E-state index contributed by atoms with van der Waals surface area (Å²) in [7, 11) is 4.60. The summed E-state index contributed by atoms with van der Waals surface area (Å²) < 4.78 is 15.4. The summed E-state index contributed by atoms with van der Waals surface area (Å²) in [6.07, 6.45) is 1.63. The van der Waals surface area contributed by atoms with E-state index in [0.717, 1.165) is 33.4 Å². The highest BCUT2D eigenvalue weighted by atomic mass is 32.2. The number of carbonyl (C=O) groups is 1. The zero-order valence-corrected chi connectivity index (χ0v) is 15.6. The molecule has 0 bridgehead atoms. The number of esters is 1. The number of rotatable bonds is 8. The maximum absolute atomic E-state index is 11.8. The highest BCUT2D eigenvalue weighted by Gasteiger charge is 2.14. The van der Waals surface area contributed by atoms with Crippen LogP contribution in [0, 0.1) is 0 Å². The van der Waals surface area contributed by atoms with Crippen molar-refractivity contribution in [3.8, 4) is 11.5 Å². The SMILES string of the molecule is CCSc1cc(NCc2ccc(OC)cc2OC)cnc1C(=O)OC. The smallest absolute Gasteiger partial charge is 0.357 e. The molecule has 1 heterocycles. The minimum atomic E-state index is -0.431.